The first-order chi connectivity index (χ1) is 7.71. The summed E-state index contributed by atoms with van der Waals surface area (Å²) in [6.45, 7) is 2.64. The van der Waals surface area contributed by atoms with Crippen molar-refractivity contribution in [3.8, 4) is 0 Å². The van der Waals surface area contributed by atoms with E-state index in [1.807, 2.05) is 12.2 Å². The lowest BCUT2D eigenvalue weighted by Gasteiger charge is -2.56. The van der Waals surface area contributed by atoms with Crippen molar-refractivity contribution >= 4 is 5.91 Å². The number of nitrogens with one attached hydrogen (secondary N) is 1. The van der Waals surface area contributed by atoms with Crippen LogP contribution in [0.5, 0.6) is 0 Å². The van der Waals surface area contributed by atoms with Gasteiger partial charge in [0.05, 0.1) is 5.54 Å². The smallest absolute Gasteiger partial charge is 0.246 e. The third-order valence-corrected chi connectivity index (χ3v) is 4.09. The molecule has 3 rings (SSSR count). The second-order valence-corrected chi connectivity index (χ2v) is 4.98. The Balaban J connectivity index is 1.90. The molecule has 1 saturated heterocycles. The summed E-state index contributed by atoms with van der Waals surface area (Å²) in [5.41, 5.74) is 7.66. The molecule has 3 aliphatic rings. The first kappa shape index (κ1) is 9.90. The van der Waals surface area contributed by atoms with Gasteiger partial charge >= 0.3 is 0 Å². The summed E-state index contributed by atoms with van der Waals surface area (Å²) >= 11 is 0. The van der Waals surface area contributed by atoms with Crippen molar-refractivity contribution in [1.29, 1.82) is 0 Å². The molecule has 0 aromatic carbocycles. The number of nitrogens with zero attached hydrogens (tertiary/aromatic N) is 1. The van der Waals surface area contributed by atoms with Crippen LogP contribution in [0.1, 0.15) is 19.3 Å². The van der Waals surface area contributed by atoms with E-state index in [2.05, 4.69) is 10.2 Å². The Morgan fingerprint density at radius 3 is 2.88 bits per heavy atom. The van der Waals surface area contributed by atoms with E-state index in [1.165, 1.54) is 25.0 Å². The van der Waals surface area contributed by atoms with Crippen LogP contribution in [-0.4, -0.2) is 36.0 Å². The summed E-state index contributed by atoms with van der Waals surface area (Å²) in [5, 5.41) is 3.47. The summed E-state index contributed by atoms with van der Waals surface area (Å²) < 4.78 is 0. The molecule has 0 aromatic rings. The van der Waals surface area contributed by atoms with Gasteiger partial charge in [-0.15, -0.1) is 0 Å². The fourth-order valence-electron chi connectivity index (χ4n) is 2.95. The van der Waals surface area contributed by atoms with Crippen LogP contribution in [-0.2, 0) is 4.79 Å². The first-order valence-electron chi connectivity index (χ1n) is 5.89. The number of allylic oxidation sites excluding steroid dienone is 2. The van der Waals surface area contributed by atoms with E-state index in [4.69, 9.17) is 5.73 Å². The molecule has 2 aliphatic heterocycles. The van der Waals surface area contributed by atoms with Gasteiger partial charge in [0.15, 0.2) is 0 Å². The number of fused-ring (bicyclic) bond motifs is 2. The lowest BCUT2D eigenvalue weighted by Crippen LogP contribution is -2.64. The number of primary amides is 1. The molecule has 2 fully saturated rings. The highest BCUT2D eigenvalue weighted by molar-refractivity contribution is 5.93. The lowest BCUT2D eigenvalue weighted by atomic mass is 9.73. The van der Waals surface area contributed by atoms with Crippen molar-refractivity contribution in [1.82, 2.24) is 10.2 Å². The fourth-order valence-corrected chi connectivity index (χ4v) is 2.95. The van der Waals surface area contributed by atoms with Gasteiger partial charge in [0.1, 0.15) is 0 Å². The SMILES string of the molecule is NC(=O)C1=CC=C2CNCC3(CCC3)N2C1. The zero-order chi connectivity index (χ0) is 11.2. The zero-order valence-electron chi connectivity index (χ0n) is 9.33. The Labute approximate surface area is 95.2 Å². The highest BCUT2D eigenvalue weighted by Crippen LogP contribution is 2.42. The fraction of sp³-hybridized carbons (Fsp3) is 0.583. The van der Waals surface area contributed by atoms with Crippen LogP contribution >= 0.6 is 0 Å². The summed E-state index contributed by atoms with van der Waals surface area (Å²) in [7, 11) is 0. The molecule has 3 N–H and O–H groups in total. The van der Waals surface area contributed by atoms with Crippen molar-refractivity contribution < 1.29 is 4.79 Å². The van der Waals surface area contributed by atoms with Crippen LogP contribution < -0.4 is 11.1 Å². The van der Waals surface area contributed by atoms with Gasteiger partial charge in [0.2, 0.25) is 5.91 Å². The van der Waals surface area contributed by atoms with Gasteiger partial charge in [-0.2, -0.15) is 0 Å². The minimum atomic E-state index is -0.289. The standard InChI is InChI=1S/C12H17N3O/c13-11(16)9-2-3-10-6-14-8-12(4-1-5-12)15(10)7-9/h2-3,14H,1,4-8H2,(H2,13,16). The number of piperazine rings is 1. The zero-order valence-corrected chi connectivity index (χ0v) is 9.33. The molecule has 1 saturated carbocycles. The van der Waals surface area contributed by atoms with Crippen LogP contribution in [0.2, 0.25) is 0 Å². The number of rotatable bonds is 1. The average molecular weight is 219 g/mol. The monoisotopic (exact) mass is 219 g/mol. The minimum absolute atomic E-state index is 0.263. The van der Waals surface area contributed by atoms with E-state index in [-0.39, 0.29) is 11.4 Å². The maximum Gasteiger partial charge on any atom is 0.246 e. The average Bonchev–Trinajstić information content (AvgIpc) is 2.25. The molecule has 4 nitrogen and oxygen atoms in total. The van der Waals surface area contributed by atoms with Crippen molar-refractivity contribution in [2.75, 3.05) is 19.6 Å². The second kappa shape index (κ2) is 3.35. The number of carbonyl (C=O) groups excluding carboxylic acids is 1. The minimum Gasteiger partial charge on any atom is -0.366 e. The van der Waals surface area contributed by atoms with E-state index < -0.39 is 0 Å². The number of hydrogen-bond acceptors (Lipinski definition) is 3. The molecule has 86 valence electrons. The lowest BCUT2D eigenvalue weighted by molar-refractivity contribution is -0.115. The third-order valence-electron chi connectivity index (χ3n) is 4.09. The normalized spacial score (nSPS) is 26.6. The number of hydrogen-bond donors (Lipinski definition) is 2. The van der Waals surface area contributed by atoms with Crippen LogP contribution in [0.25, 0.3) is 0 Å². The van der Waals surface area contributed by atoms with E-state index in [0.29, 0.717) is 6.54 Å². The van der Waals surface area contributed by atoms with Crippen LogP contribution in [0.4, 0.5) is 0 Å². The van der Waals surface area contributed by atoms with Gasteiger partial charge in [0.25, 0.3) is 0 Å². The second-order valence-electron chi connectivity index (χ2n) is 4.98. The number of carbonyl (C=O) groups is 1. The highest BCUT2D eigenvalue weighted by Gasteiger charge is 2.46. The molecule has 1 aliphatic carbocycles. The molecular formula is C12H17N3O. The van der Waals surface area contributed by atoms with Crippen molar-refractivity contribution in [3.63, 3.8) is 0 Å². The van der Waals surface area contributed by atoms with Crippen molar-refractivity contribution in [3.05, 3.63) is 23.4 Å². The molecular weight excluding hydrogens is 202 g/mol. The first-order valence-corrected chi connectivity index (χ1v) is 5.89. The predicted octanol–water partition coefficient (Wildman–Crippen LogP) is 0.123. The number of amides is 1. The van der Waals surface area contributed by atoms with Gasteiger partial charge in [-0.3, -0.25) is 4.79 Å². The topological polar surface area (TPSA) is 58.4 Å². The quantitative estimate of drug-likeness (QED) is 0.659. The van der Waals surface area contributed by atoms with Gasteiger partial charge < -0.3 is 16.0 Å². The van der Waals surface area contributed by atoms with Crippen molar-refractivity contribution in [2.45, 2.75) is 24.8 Å². The molecule has 0 atom stereocenters. The summed E-state index contributed by atoms with van der Waals surface area (Å²) in [5.74, 6) is -0.289. The largest absolute Gasteiger partial charge is 0.366 e. The van der Waals surface area contributed by atoms with Gasteiger partial charge in [-0.05, 0) is 31.4 Å². The van der Waals surface area contributed by atoms with Gasteiger partial charge in [-0.1, -0.05) is 0 Å². The van der Waals surface area contributed by atoms with E-state index in [0.717, 1.165) is 18.7 Å². The molecule has 0 radical (unpaired) electrons. The maximum atomic E-state index is 11.2. The van der Waals surface area contributed by atoms with Crippen LogP contribution in [0.3, 0.4) is 0 Å². The third kappa shape index (κ3) is 1.29. The van der Waals surface area contributed by atoms with E-state index in [1.54, 1.807) is 0 Å². The summed E-state index contributed by atoms with van der Waals surface area (Å²) in [6.07, 6.45) is 7.65. The molecule has 16 heavy (non-hydrogen) atoms. The molecule has 4 heteroatoms. The molecule has 0 unspecified atom stereocenters. The molecule has 1 amide bonds. The van der Waals surface area contributed by atoms with E-state index in [9.17, 15) is 4.79 Å². The van der Waals surface area contributed by atoms with Gasteiger partial charge in [-0.25, -0.2) is 0 Å². The Kier molecular flexibility index (Phi) is 2.07. The molecule has 2 heterocycles. The van der Waals surface area contributed by atoms with Crippen molar-refractivity contribution in [2.24, 2.45) is 5.73 Å². The summed E-state index contributed by atoms with van der Waals surface area (Å²) in [6, 6.07) is 0. The molecule has 0 aromatic heterocycles. The van der Waals surface area contributed by atoms with Crippen LogP contribution in [0, 0.1) is 0 Å². The predicted molar refractivity (Wildman–Crippen MR) is 61.5 cm³/mol. The molecule has 1 spiro atoms. The van der Waals surface area contributed by atoms with Crippen LogP contribution in [0.15, 0.2) is 23.4 Å². The van der Waals surface area contributed by atoms with Gasteiger partial charge in [0, 0.05) is 30.9 Å². The Bertz CT molecular complexity index is 393. The van der Waals surface area contributed by atoms with E-state index >= 15 is 0 Å². The Hall–Kier alpha value is -1.29. The maximum absolute atomic E-state index is 11.2. The summed E-state index contributed by atoms with van der Waals surface area (Å²) in [4.78, 5) is 13.6. The highest BCUT2D eigenvalue weighted by atomic mass is 16.1. The molecule has 0 bridgehead atoms. The Morgan fingerprint density at radius 1 is 1.44 bits per heavy atom. The Morgan fingerprint density at radius 2 is 2.25 bits per heavy atom. The number of nitrogens with two attached hydrogens (primary N) is 1.